The van der Waals surface area contributed by atoms with E-state index in [-0.39, 0.29) is 29.3 Å². The minimum absolute atomic E-state index is 0.0616. The van der Waals surface area contributed by atoms with Gasteiger partial charge in [0.25, 0.3) is 11.6 Å². The van der Waals surface area contributed by atoms with Crippen LogP contribution in [0.5, 0.6) is 0 Å². The first-order chi connectivity index (χ1) is 14.2. The summed E-state index contributed by atoms with van der Waals surface area (Å²) >= 11 is 3.77. The first-order valence-electron chi connectivity index (χ1n) is 8.76. The Morgan fingerprint density at radius 2 is 2.10 bits per heavy atom. The van der Waals surface area contributed by atoms with Crippen molar-refractivity contribution in [3.63, 3.8) is 0 Å². The number of carbonyl (C=O) groups excluding carboxylic acids is 2. The van der Waals surface area contributed by atoms with Crippen LogP contribution in [0.4, 0.5) is 5.69 Å². The van der Waals surface area contributed by atoms with Gasteiger partial charge in [-0.2, -0.15) is 0 Å². The summed E-state index contributed by atoms with van der Waals surface area (Å²) in [5.41, 5.74) is 0.596. The highest BCUT2D eigenvalue weighted by molar-refractivity contribution is 8.26. The Hall–Kier alpha value is -1.73. The van der Waals surface area contributed by atoms with Crippen LogP contribution in [0.3, 0.4) is 0 Å². The van der Waals surface area contributed by atoms with Gasteiger partial charge in [-0.1, -0.05) is 11.8 Å². The molecule has 1 aromatic carbocycles. The molecule has 0 saturated carbocycles. The SMILES string of the molecule is COC1C(=O)N(C(C(=O)OCc2ccc([N+](=O)[O-])cc2)=C2SCC(C)(O)S2)C1SC. The number of β-lactam (4-membered cyclic amide) rings is 1. The van der Waals surface area contributed by atoms with Gasteiger partial charge in [-0.15, -0.1) is 23.5 Å². The van der Waals surface area contributed by atoms with Gasteiger partial charge in [-0.25, -0.2) is 4.79 Å². The Morgan fingerprint density at radius 3 is 2.60 bits per heavy atom. The average Bonchev–Trinajstić information content (AvgIpc) is 3.07. The summed E-state index contributed by atoms with van der Waals surface area (Å²) in [6.07, 6.45) is 1.15. The summed E-state index contributed by atoms with van der Waals surface area (Å²) in [4.78, 5) is 36.1. The van der Waals surface area contributed by atoms with Crippen LogP contribution in [0.2, 0.25) is 0 Å². The number of aliphatic hydroxyl groups is 1. The minimum atomic E-state index is -1.06. The van der Waals surface area contributed by atoms with Gasteiger partial charge in [0.15, 0.2) is 11.8 Å². The van der Waals surface area contributed by atoms with Gasteiger partial charge in [-0.05, 0) is 30.9 Å². The first kappa shape index (κ1) is 22.9. The molecule has 30 heavy (non-hydrogen) atoms. The molecule has 162 valence electrons. The van der Waals surface area contributed by atoms with E-state index in [0.717, 1.165) is 11.8 Å². The average molecular weight is 473 g/mol. The largest absolute Gasteiger partial charge is 0.456 e. The summed E-state index contributed by atoms with van der Waals surface area (Å²) in [6.45, 7) is 1.53. The standard InChI is InChI=1S/C18H20N2O7S3/c1-18(23)9-29-17(30-18)12(19-14(21)13(26-2)15(19)28-3)16(22)27-8-10-4-6-11(7-5-10)20(24)25/h4-7,13,15,23H,8-9H2,1-3H3. The second-order valence-corrected chi connectivity index (χ2v) is 10.4. The molecule has 1 amide bonds. The van der Waals surface area contributed by atoms with Gasteiger partial charge in [0.1, 0.15) is 16.9 Å². The number of nitrogens with zero attached hydrogens (tertiary/aromatic N) is 2. The molecular weight excluding hydrogens is 452 g/mol. The van der Waals surface area contributed by atoms with Gasteiger partial charge >= 0.3 is 5.97 Å². The fraction of sp³-hybridized carbons (Fsp3) is 0.444. The second kappa shape index (κ2) is 9.18. The molecule has 1 aromatic rings. The maximum Gasteiger partial charge on any atom is 0.357 e. The van der Waals surface area contributed by atoms with Crippen molar-refractivity contribution < 1.29 is 29.1 Å². The van der Waals surface area contributed by atoms with E-state index in [1.165, 1.54) is 59.8 Å². The maximum atomic E-state index is 13.0. The Bertz CT molecular complexity index is 888. The highest BCUT2D eigenvalue weighted by Gasteiger charge is 2.52. The van der Waals surface area contributed by atoms with Crippen molar-refractivity contribution in [3.05, 3.63) is 49.9 Å². The molecule has 3 rings (SSSR count). The lowest BCUT2D eigenvalue weighted by Gasteiger charge is -2.45. The Morgan fingerprint density at radius 1 is 1.43 bits per heavy atom. The molecular formula is C18H20N2O7S3. The fourth-order valence-electron chi connectivity index (χ4n) is 2.91. The van der Waals surface area contributed by atoms with E-state index >= 15 is 0 Å². The number of nitro benzene ring substituents is 1. The van der Waals surface area contributed by atoms with Crippen molar-refractivity contribution >= 4 is 52.8 Å². The molecule has 0 aromatic heterocycles. The molecule has 3 atom stereocenters. The van der Waals surface area contributed by atoms with E-state index in [9.17, 15) is 24.8 Å². The number of carbonyl (C=O) groups is 2. The number of thioether (sulfide) groups is 3. The number of ether oxygens (including phenoxy) is 2. The lowest BCUT2D eigenvalue weighted by atomic mass is 10.1. The van der Waals surface area contributed by atoms with Crippen molar-refractivity contribution in [2.45, 2.75) is 29.9 Å². The number of hydrogen-bond donors (Lipinski definition) is 1. The molecule has 0 spiro atoms. The minimum Gasteiger partial charge on any atom is -0.456 e. The number of rotatable bonds is 7. The molecule has 2 aliphatic rings. The summed E-state index contributed by atoms with van der Waals surface area (Å²) in [7, 11) is 1.44. The molecule has 2 heterocycles. The third-order valence-corrected chi connectivity index (χ3v) is 8.27. The summed E-state index contributed by atoms with van der Waals surface area (Å²) in [6, 6.07) is 5.66. The van der Waals surface area contributed by atoms with Crippen LogP contribution >= 0.6 is 35.3 Å². The highest BCUT2D eigenvalue weighted by atomic mass is 32.2. The van der Waals surface area contributed by atoms with Gasteiger partial charge in [0.2, 0.25) is 0 Å². The number of non-ortho nitro benzene ring substituents is 1. The van der Waals surface area contributed by atoms with Crippen molar-refractivity contribution in [2.24, 2.45) is 0 Å². The Kier molecular flexibility index (Phi) is 7.02. The van der Waals surface area contributed by atoms with E-state index in [0.29, 0.717) is 15.6 Å². The quantitative estimate of drug-likeness (QED) is 0.208. The summed E-state index contributed by atoms with van der Waals surface area (Å²) < 4.78 is 11.1. The van der Waals surface area contributed by atoms with Crippen LogP contribution in [0.15, 0.2) is 34.2 Å². The fourth-order valence-corrected chi connectivity index (χ4v) is 6.56. The molecule has 3 unspecified atom stereocenters. The predicted molar refractivity (Wildman–Crippen MR) is 116 cm³/mol. The third-order valence-electron chi connectivity index (χ3n) is 4.42. The number of hydrogen-bond acceptors (Lipinski definition) is 10. The summed E-state index contributed by atoms with van der Waals surface area (Å²) in [5, 5.41) is 20.7. The van der Waals surface area contributed by atoms with Crippen LogP contribution in [0, 0.1) is 10.1 Å². The van der Waals surface area contributed by atoms with Gasteiger partial charge < -0.3 is 14.6 Å². The van der Waals surface area contributed by atoms with E-state index in [1.54, 1.807) is 6.92 Å². The smallest absolute Gasteiger partial charge is 0.357 e. The third kappa shape index (κ3) is 4.62. The highest BCUT2D eigenvalue weighted by Crippen LogP contribution is 2.51. The van der Waals surface area contributed by atoms with Gasteiger partial charge in [0.05, 0.1) is 9.16 Å². The summed E-state index contributed by atoms with van der Waals surface area (Å²) in [5.74, 6) is -0.686. The van der Waals surface area contributed by atoms with Crippen LogP contribution < -0.4 is 0 Å². The zero-order valence-corrected chi connectivity index (χ0v) is 18.8. The molecule has 2 saturated heterocycles. The number of nitro groups is 1. The number of benzene rings is 1. The maximum absolute atomic E-state index is 13.0. The number of likely N-dealkylation sites (tertiary alicyclic amines) is 1. The zero-order valence-electron chi connectivity index (χ0n) is 16.4. The number of amides is 1. The van der Waals surface area contributed by atoms with Gasteiger partial charge in [0, 0.05) is 25.0 Å². The van der Waals surface area contributed by atoms with Crippen LogP contribution in [0.1, 0.15) is 12.5 Å². The first-order valence-corrected chi connectivity index (χ1v) is 11.8. The topological polar surface area (TPSA) is 119 Å². The zero-order chi connectivity index (χ0) is 22.1. The van der Waals surface area contributed by atoms with E-state index in [1.807, 2.05) is 6.26 Å². The number of esters is 1. The van der Waals surface area contributed by atoms with E-state index < -0.39 is 21.9 Å². The molecule has 0 radical (unpaired) electrons. The van der Waals surface area contributed by atoms with Crippen molar-refractivity contribution in [1.29, 1.82) is 0 Å². The van der Waals surface area contributed by atoms with Crippen LogP contribution in [-0.2, 0) is 25.7 Å². The van der Waals surface area contributed by atoms with Crippen molar-refractivity contribution in [2.75, 3.05) is 19.1 Å². The van der Waals surface area contributed by atoms with Crippen LogP contribution in [-0.4, -0.2) is 62.3 Å². The van der Waals surface area contributed by atoms with Crippen molar-refractivity contribution in [1.82, 2.24) is 4.90 Å². The van der Waals surface area contributed by atoms with Gasteiger partial charge in [-0.3, -0.25) is 19.8 Å². The molecule has 9 nitrogen and oxygen atoms in total. The predicted octanol–water partition coefficient (Wildman–Crippen LogP) is 2.54. The lowest BCUT2D eigenvalue weighted by Crippen LogP contribution is -2.64. The van der Waals surface area contributed by atoms with Crippen molar-refractivity contribution in [3.8, 4) is 0 Å². The molecule has 1 N–H and O–H groups in total. The molecule has 0 aliphatic carbocycles. The normalized spacial score (nSPS) is 27.6. The van der Waals surface area contributed by atoms with E-state index in [2.05, 4.69) is 0 Å². The Balaban J connectivity index is 1.82. The molecule has 2 aliphatic heterocycles. The monoisotopic (exact) mass is 472 g/mol. The molecule has 12 heteroatoms. The van der Waals surface area contributed by atoms with E-state index in [4.69, 9.17) is 9.47 Å². The molecule has 2 fully saturated rings. The lowest BCUT2D eigenvalue weighted by molar-refractivity contribution is -0.384. The number of methoxy groups -OCH3 is 1. The van der Waals surface area contributed by atoms with Crippen LogP contribution in [0.25, 0.3) is 0 Å². The Labute approximate surface area is 185 Å². The second-order valence-electron chi connectivity index (χ2n) is 6.69. The molecule has 0 bridgehead atoms.